The third-order valence-electron chi connectivity index (χ3n) is 4.43. The Morgan fingerprint density at radius 3 is 2.46 bits per heavy atom. The Labute approximate surface area is 143 Å². The molecule has 1 saturated heterocycles. The van der Waals surface area contributed by atoms with Gasteiger partial charge in [0.1, 0.15) is 17.5 Å². The molecule has 1 atom stereocenters. The molecule has 1 fully saturated rings. The molecule has 0 aliphatic carbocycles. The highest BCUT2D eigenvalue weighted by Gasteiger charge is 2.24. The van der Waals surface area contributed by atoms with Gasteiger partial charge in [-0.1, -0.05) is 23.5 Å². The van der Waals surface area contributed by atoms with Gasteiger partial charge in [-0.2, -0.15) is 0 Å². The zero-order chi connectivity index (χ0) is 16.9. The van der Waals surface area contributed by atoms with Crippen molar-refractivity contribution in [2.24, 2.45) is 0 Å². The van der Waals surface area contributed by atoms with E-state index in [4.69, 9.17) is 4.74 Å². The third kappa shape index (κ3) is 3.72. The van der Waals surface area contributed by atoms with Gasteiger partial charge in [-0.25, -0.2) is 0 Å². The number of nitrogens with zero attached hydrogens (tertiary/aromatic N) is 1. The lowest BCUT2D eigenvalue weighted by atomic mass is 10.0. The number of methoxy groups -OCH3 is 1. The minimum atomic E-state index is -0.0745. The second kappa shape index (κ2) is 7.42. The lowest BCUT2D eigenvalue weighted by molar-refractivity contribution is 0.290. The first-order chi connectivity index (χ1) is 11.7. The molecular formula is C21H23NO2. The topological polar surface area (TPSA) is 32.7 Å². The lowest BCUT2D eigenvalue weighted by Gasteiger charge is -2.24. The fraction of sp³-hybridized carbons (Fsp3) is 0.333. The molecular weight excluding hydrogens is 298 g/mol. The van der Waals surface area contributed by atoms with Crippen LogP contribution in [0.5, 0.6) is 11.5 Å². The summed E-state index contributed by atoms with van der Waals surface area (Å²) in [7, 11) is 1.66. The van der Waals surface area contributed by atoms with Crippen LogP contribution in [0.1, 0.15) is 35.6 Å². The Kier molecular flexibility index (Phi) is 5.08. The number of phenols is 1. The summed E-state index contributed by atoms with van der Waals surface area (Å²) in [5, 5.41) is 10.3. The monoisotopic (exact) mass is 321 g/mol. The van der Waals surface area contributed by atoms with Crippen LogP contribution in [0.15, 0.2) is 42.5 Å². The van der Waals surface area contributed by atoms with Gasteiger partial charge in [0, 0.05) is 11.1 Å². The summed E-state index contributed by atoms with van der Waals surface area (Å²) < 4.78 is 5.18. The van der Waals surface area contributed by atoms with Crippen molar-refractivity contribution < 1.29 is 9.84 Å². The van der Waals surface area contributed by atoms with Crippen LogP contribution in [0.4, 0.5) is 0 Å². The molecule has 0 saturated carbocycles. The van der Waals surface area contributed by atoms with Crippen molar-refractivity contribution in [2.75, 3.05) is 20.2 Å². The molecule has 1 heterocycles. The number of rotatable bonds is 3. The molecule has 0 amide bonds. The molecule has 2 aromatic carbocycles. The average molecular weight is 321 g/mol. The van der Waals surface area contributed by atoms with Crippen LogP contribution in [-0.4, -0.2) is 30.2 Å². The summed E-state index contributed by atoms with van der Waals surface area (Å²) in [5.74, 6) is 7.78. The Balaban J connectivity index is 1.93. The van der Waals surface area contributed by atoms with E-state index in [1.807, 2.05) is 43.3 Å². The maximum absolute atomic E-state index is 10.3. The van der Waals surface area contributed by atoms with Crippen LogP contribution in [0.25, 0.3) is 0 Å². The highest BCUT2D eigenvalue weighted by molar-refractivity contribution is 5.45. The molecule has 1 N–H and O–H groups in total. The van der Waals surface area contributed by atoms with Gasteiger partial charge in [0.15, 0.2) is 0 Å². The number of likely N-dealkylation sites (tertiary alicyclic amines) is 1. The highest BCUT2D eigenvalue weighted by Crippen LogP contribution is 2.31. The first-order valence-electron chi connectivity index (χ1n) is 8.36. The van der Waals surface area contributed by atoms with Crippen molar-refractivity contribution in [2.45, 2.75) is 25.8 Å². The molecule has 3 nitrogen and oxygen atoms in total. The molecule has 24 heavy (non-hydrogen) atoms. The fourth-order valence-corrected chi connectivity index (χ4v) is 3.08. The third-order valence-corrected chi connectivity index (χ3v) is 4.43. The van der Waals surface area contributed by atoms with Gasteiger partial charge in [-0.3, -0.25) is 4.90 Å². The molecule has 0 aromatic heterocycles. The second-order valence-corrected chi connectivity index (χ2v) is 6.21. The summed E-state index contributed by atoms with van der Waals surface area (Å²) >= 11 is 0. The minimum Gasteiger partial charge on any atom is -0.508 e. The van der Waals surface area contributed by atoms with Crippen LogP contribution < -0.4 is 4.74 Å². The smallest absolute Gasteiger partial charge is 0.121 e. The lowest BCUT2D eigenvalue weighted by Crippen LogP contribution is -2.24. The molecule has 0 bridgehead atoms. The van der Waals surface area contributed by atoms with Crippen LogP contribution in [0.3, 0.4) is 0 Å². The summed E-state index contributed by atoms with van der Waals surface area (Å²) in [6.07, 6.45) is 2.38. The summed E-state index contributed by atoms with van der Waals surface area (Å²) in [4.78, 5) is 2.35. The van der Waals surface area contributed by atoms with Crippen LogP contribution in [0, 0.1) is 18.8 Å². The Hall–Kier alpha value is -2.44. The van der Waals surface area contributed by atoms with Gasteiger partial charge in [-0.15, -0.1) is 0 Å². The number of hydrogen-bond donors (Lipinski definition) is 1. The van der Waals surface area contributed by atoms with Gasteiger partial charge < -0.3 is 9.84 Å². The fourth-order valence-electron chi connectivity index (χ4n) is 3.08. The van der Waals surface area contributed by atoms with E-state index in [-0.39, 0.29) is 6.04 Å². The molecule has 2 aromatic rings. The number of benzene rings is 2. The highest BCUT2D eigenvalue weighted by atomic mass is 16.5. The average Bonchev–Trinajstić information content (AvgIpc) is 3.13. The van der Waals surface area contributed by atoms with E-state index < -0.39 is 0 Å². The van der Waals surface area contributed by atoms with Gasteiger partial charge in [0.2, 0.25) is 0 Å². The van der Waals surface area contributed by atoms with Crippen molar-refractivity contribution in [1.29, 1.82) is 0 Å². The second-order valence-electron chi connectivity index (χ2n) is 6.21. The predicted octanol–water partition coefficient (Wildman–Crippen LogP) is 3.90. The van der Waals surface area contributed by atoms with Gasteiger partial charge >= 0.3 is 0 Å². The van der Waals surface area contributed by atoms with Crippen molar-refractivity contribution in [3.63, 3.8) is 0 Å². The van der Waals surface area contributed by atoms with Crippen molar-refractivity contribution in [1.82, 2.24) is 4.90 Å². The summed E-state index contributed by atoms with van der Waals surface area (Å²) in [6, 6.07) is 13.4. The molecule has 3 rings (SSSR count). The molecule has 124 valence electrons. The Bertz CT molecular complexity index is 750. The van der Waals surface area contributed by atoms with E-state index in [0.717, 1.165) is 35.5 Å². The molecule has 1 aliphatic heterocycles. The van der Waals surface area contributed by atoms with E-state index >= 15 is 0 Å². The normalized spacial score (nSPS) is 15.6. The Morgan fingerprint density at radius 2 is 1.79 bits per heavy atom. The number of phenolic OH excluding ortho intramolecular Hbond substituents is 1. The molecule has 1 aliphatic rings. The van der Waals surface area contributed by atoms with E-state index in [2.05, 4.69) is 16.7 Å². The minimum absolute atomic E-state index is 0.0745. The van der Waals surface area contributed by atoms with Gasteiger partial charge in [0.25, 0.3) is 0 Å². The van der Waals surface area contributed by atoms with Crippen molar-refractivity contribution >= 4 is 0 Å². The quantitative estimate of drug-likeness (QED) is 0.870. The van der Waals surface area contributed by atoms with Gasteiger partial charge in [-0.05, 0) is 69.3 Å². The standard InChI is InChI=1S/C21H23NO2/c1-16-5-12-21(23)19(15-16)20(22-13-3-4-14-22)11-8-17-6-9-18(24-2)10-7-17/h5-7,9-10,12,15,20,23H,3-4,13-14H2,1-2H3. The number of ether oxygens (including phenoxy) is 1. The maximum Gasteiger partial charge on any atom is 0.121 e. The van der Waals surface area contributed by atoms with E-state index in [9.17, 15) is 5.11 Å². The molecule has 0 radical (unpaired) electrons. The zero-order valence-corrected chi connectivity index (χ0v) is 14.2. The zero-order valence-electron chi connectivity index (χ0n) is 14.2. The molecule has 1 unspecified atom stereocenters. The predicted molar refractivity (Wildman–Crippen MR) is 96.3 cm³/mol. The SMILES string of the molecule is COc1ccc(C#CC(c2cc(C)ccc2O)N2CCCC2)cc1. The van der Waals surface area contributed by atoms with Crippen molar-refractivity contribution in [3.05, 3.63) is 59.2 Å². The van der Waals surface area contributed by atoms with Crippen molar-refractivity contribution in [3.8, 4) is 23.3 Å². The van der Waals surface area contributed by atoms with E-state index in [1.54, 1.807) is 13.2 Å². The largest absolute Gasteiger partial charge is 0.508 e. The van der Waals surface area contributed by atoms with Crippen LogP contribution in [-0.2, 0) is 0 Å². The number of aromatic hydroxyl groups is 1. The van der Waals surface area contributed by atoms with E-state index in [0.29, 0.717) is 5.75 Å². The molecule has 3 heteroatoms. The number of aryl methyl sites for hydroxylation is 1. The summed E-state index contributed by atoms with van der Waals surface area (Å²) in [5.41, 5.74) is 2.99. The Morgan fingerprint density at radius 1 is 1.08 bits per heavy atom. The van der Waals surface area contributed by atoms with E-state index in [1.165, 1.54) is 12.8 Å². The number of hydrogen-bond acceptors (Lipinski definition) is 3. The molecule has 0 spiro atoms. The maximum atomic E-state index is 10.3. The van der Waals surface area contributed by atoms with Crippen LogP contribution >= 0.6 is 0 Å². The van der Waals surface area contributed by atoms with Crippen LogP contribution in [0.2, 0.25) is 0 Å². The van der Waals surface area contributed by atoms with Gasteiger partial charge in [0.05, 0.1) is 7.11 Å². The first-order valence-corrected chi connectivity index (χ1v) is 8.36. The first kappa shape index (κ1) is 16.4. The summed E-state index contributed by atoms with van der Waals surface area (Å²) in [6.45, 7) is 4.09.